The van der Waals surface area contributed by atoms with E-state index in [1.807, 2.05) is 31.3 Å². The Hall–Kier alpha value is -0.800. The quantitative estimate of drug-likeness (QED) is 0.829. The van der Waals surface area contributed by atoms with Crippen LogP contribution in [-0.4, -0.2) is 14.2 Å². The van der Waals surface area contributed by atoms with Gasteiger partial charge in [0.1, 0.15) is 5.75 Å². The maximum atomic E-state index is 5.21. The second-order valence-corrected chi connectivity index (χ2v) is 4.11. The van der Waals surface area contributed by atoms with E-state index >= 15 is 0 Å². The van der Waals surface area contributed by atoms with Crippen LogP contribution in [0.25, 0.3) is 0 Å². The molecule has 82 valence electrons. The van der Waals surface area contributed by atoms with Gasteiger partial charge in [-0.1, -0.05) is 22.0 Å². The third-order valence-electron chi connectivity index (χ3n) is 2.33. The second kappa shape index (κ2) is 5.93. The molecular formula is C12H16BrNO. The van der Waals surface area contributed by atoms with E-state index in [2.05, 4.69) is 27.8 Å². The molecule has 1 unspecified atom stereocenters. The number of nitrogens with one attached hydrogen (secondary N) is 1. The van der Waals surface area contributed by atoms with E-state index in [0.717, 1.165) is 16.6 Å². The number of benzene rings is 1. The summed E-state index contributed by atoms with van der Waals surface area (Å²) in [6.07, 6.45) is 2.80. The molecule has 0 radical (unpaired) electrons. The molecule has 0 saturated carbocycles. The molecule has 0 amide bonds. The average molecular weight is 270 g/mol. The Morgan fingerprint density at radius 1 is 1.60 bits per heavy atom. The minimum absolute atomic E-state index is 0.270. The normalized spacial score (nSPS) is 12.2. The predicted molar refractivity (Wildman–Crippen MR) is 67.3 cm³/mol. The van der Waals surface area contributed by atoms with Crippen molar-refractivity contribution in [1.82, 2.24) is 5.32 Å². The zero-order chi connectivity index (χ0) is 11.3. The van der Waals surface area contributed by atoms with Crippen LogP contribution in [0, 0.1) is 0 Å². The standard InChI is InChI=1S/C12H16BrNO/c1-4-5-12(14-2)10-8-9(15-3)6-7-11(10)13/h4,6-8,12,14H,1,5H2,2-3H3. The van der Waals surface area contributed by atoms with Gasteiger partial charge in [0, 0.05) is 10.5 Å². The SMILES string of the molecule is C=CCC(NC)c1cc(OC)ccc1Br. The topological polar surface area (TPSA) is 21.3 Å². The van der Waals surface area contributed by atoms with E-state index < -0.39 is 0 Å². The van der Waals surface area contributed by atoms with E-state index in [4.69, 9.17) is 4.74 Å². The summed E-state index contributed by atoms with van der Waals surface area (Å²) in [6.45, 7) is 3.76. The zero-order valence-electron chi connectivity index (χ0n) is 9.09. The maximum absolute atomic E-state index is 5.21. The summed E-state index contributed by atoms with van der Waals surface area (Å²) in [5, 5.41) is 3.25. The molecule has 1 aromatic carbocycles. The van der Waals surface area contributed by atoms with Gasteiger partial charge in [0.15, 0.2) is 0 Å². The minimum atomic E-state index is 0.270. The van der Waals surface area contributed by atoms with Crippen LogP contribution in [0.4, 0.5) is 0 Å². The summed E-state index contributed by atoms with van der Waals surface area (Å²) in [6, 6.07) is 6.25. The lowest BCUT2D eigenvalue weighted by atomic mass is 10.0. The third-order valence-corrected chi connectivity index (χ3v) is 3.05. The first-order valence-corrected chi connectivity index (χ1v) is 5.63. The van der Waals surface area contributed by atoms with E-state index in [-0.39, 0.29) is 6.04 Å². The zero-order valence-corrected chi connectivity index (χ0v) is 10.7. The summed E-state index contributed by atoms with van der Waals surface area (Å²) in [7, 11) is 3.62. The first kappa shape index (κ1) is 12.3. The van der Waals surface area contributed by atoms with Crippen LogP contribution in [-0.2, 0) is 0 Å². The van der Waals surface area contributed by atoms with Gasteiger partial charge in [-0.25, -0.2) is 0 Å². The molecule has 1 aromatic rings. The highest BCUT2D eigenvalue weighted by Crippen LogP contribution is 2.29. The predicted octanol–water partition coefficient (Wildman–Crippen LogP) is 3.29. The molecule has 0 bridgehead atoms. The van der Waals surface area contributed by atoms with Crippen molar-refractivity contribution in [1.29, 1.82) is 0 Å². The number of methoxy groups -OCH3 is 1. The van der Waals surface area contributed by atoms with Gasteiger partial charge in [-0.2, -0.15) is 0 Å². The van der Waals surface area contributed by atoms with Gasteiger partial charge in [-0.15, -0.1) is 6.58 Å². The van der Waals surface area contributed by atoms with Crippen LogP contribution in [0.3, 0.4) is 0 Å². The number of ether oxygens (including phenoxy) is 1. The second-order valence-electron chi connectivity index (χ2n) is 3.25. The smallest absolute Gasteiger partial charge is 0.119 e. The van der Waals surface area contributed by atoms with Crippen molar-refractivity contribution >= 4 is 15.9 Å². The monoisotopic (exact) mass is 269 g/mol. The number of halogens is 1. The molecule has 0 spiro atoms. The summed E-state index contributed by atoms with van der Waals surface area (Å²) in [4.78, 5) is 0. The van der Waals surface area contributed by atoms with Crippen LogP contribution in [0.5, 0.6) is 5.75 Å². The van der Waals surface area contributed by atoms with Crippen LogP contribution in [0.1, 0.15) is 18.0 Å². The van der Waals surface area contributed by atoms with Crippen molar-refractivity contribution in [3.8, 4) is 5.75 Å². The van der Waals surface area contributed by atoms with Gasteiger partial charge in [-0.05, 0) is 37.2 Å². The fraction of sp³-hybridized carbons (Fsp3) is 0.333. The Morgan fingerprint density at radius 2 is 2.33 bits per heavy atom. The summed E-state index contributed by atoms with van der Waals surface area (Å²) < 4.78 is 6.30. The molecule has 0 aliphatic carbocycles. The highest BCUT2D eigenvalue weighted by atomic mass is 79.9. The van der Waals surface area contributed by atoms with E-state index in [1.54, 1.807) is 7.11 Å². The summed E-state index contributed by atoms with van der Waals surface area (Å²) in [5.74, 6) is 0.873. The lowest BCUT2D eigenvalue weighted by molar-refractivity contribution is 0.413. The lowest BCUT2D eigenvalue weighted by Gasteiger charge is -2.17. The van der Waals surface area contributed by atoms with E-state index in [1.165, 1.54) is 5.56 Å². The molecule has 0 saturated heterocycles. The molecule has 0 aliphatic heterocycles. The Bertz CT molecular complexity index is 338. The molecule has 2 nitrogen and oxygen atoms in total. The molecule has 3 heteroatoms. The fourth-order valence-corrected chi connectivity index (χ4v) is 2.01. The van der Waals surface area contributed by atoms with Crippen molar-refractivity contribution in [2.24, 2.45) is 0 Å². The van der Waals surface area contributed by atoms with Crippen molar-refractivity contribution in [3.05, 3.63) is 40.9 Å². The molecule has 1 rings (SSSR count). The number of hydrogen-bond acceptors (Lipinski definition) is 2. The van der Waals surface area contributed by atoms with Crippen molar-refractivity contribution in [3.63, 3.8) is 0 Å². The third kappa shape index (κ3) is 3.08. The average Bonchev–Trinajstić information content (AvgIpc) is 2.27. The molecular weight excluding hydrogens is 254 g/mol. The van der Waals surface area contributed by atoms with Gasteiger partial charge < -0.3 is 10.1 Å². The van der Waals surface area contributed by atoms with Gasteiger partial charge in [-0.3, -0.25) is 0 Å². The minimum Gasteiger partial charge on any atom is -0.497 e. The van der Waals surface area contributed by atoms with Crippen molar-refractivity contribution in [2.75, 3.05) is 14.2 Å². The van der Waals surface area contributed by atoms with E-state index in [0.29, 0.717) is 0 Å². The fourth-order valence-electron chi connectivity index (χ4n) is 1.48. The Morgan fingerprint density at radius 3 is 2.87 bits per heavy atom. The van der Waals surface area contributed by atoms with Gasteiger partial charge in [0.05, 0.1) is 7.11 Å². The Kier molecular flexibility index (Phi) is 4.85. The molecule has 0 aliphatic rings. The van der Waals surface area contributed by atoms with E-state index in [9.17, 15) is 0 Å². The van der Waals surface area contributed by atoms with Crippen LogP contribution < -0.4 is 10.1 Å². The van der Waals surface area contributed by atoms with Crippen LogP contribution >= 0.6 is 15.9 Å². The van der Waals surface area contributed by atoms with Crippen LogP contribution in [0.15, 0.2) is 35.3 Å². The van der Waals surface area contributed by atoms with Crippen LogP contribution in [0.2, 0.25) is 0 Å². The first-order chi connectivity index (χ1) is 7.22. The summed E-state index contributed by atoms with van der Waals surface area (Å²) in [5.41, 5.74) is 1.19. The highest BCUT2D eigenvalue weighted by molar-refractivity contribution is 9.10. The highest BCUT2D eigenvalue weighted by Gasteiger charge is 2.11. The maximum Gasteiger partial charge on any atom is 0.119 e. The van der Waals surface area contributed by atoms with Gasteiger partial charge in [0.25, 0.3) is 0 Å². The molecule has 0 aromatic heterocycles. The molecule has 0 fully saturated rings. The molecule has 15 heavy (non-hydrogen) atoms. The summed E-state index contributed by atoms with van der Waals surface area (Å²) >= 11 is 3.54. The van der Waals surface area contributed by atoms with Gasteiger partial charge in [0.2, 0.25) is 0 Å². The van der Waals surface area contributed by atoms with Crippen molar-refractivity contribution < 1.29 is 4.74 Å². The number of hydrogen-bond donors (Lipinski definition) is 1. The number of rotatable bonds is 5. The molecule has 1 N–H and O–H groups in total. The van der Waals surface area contributed by atoms with Crippen molar-refractivity contribution in [2.45, 2.75) is 12.5 Å². The first-order valence-electron chi connectivity index (χ1n) is 4.84. The largest absolute Gasteiger partial charge is 0.497 e. The Balaban J connectivity index is 3.03. The Labute approximate surface area is 99.5 Å². The van der Waals surface area contributed by atoms with Gasteiger partial charge >= 0.3 is 0 Å². The molecule has 0 heterocycles. The lowest BCUT2D eigenvalue weighted by Crippen LogP contribution is -2.16. The molecule has 1 atom stereocenters.